The number of carboxylic acid groups (broad SMARTS) is 1. The molecule has 1 saturated heterocycles. The van der Waals surface area contributed by atoms with Gasteiger partial charge in [0.05, 0.1) is 22.7 Å². The number of hydrogen-bond acceptors (Lipinski definition) is 5. The molecule has 0 unspecified atom stereocenters. The summed E-state index contributed by atoms with van der Waals surface area (Å²) in [5, 5.41) is 12.8. The summed E-state index contributed by atoms with van der Waals surface area (Å²) in [5.41, 5.74) is -3.26. The van der Waals surface area contributed by atoms with Crippen LogP contribution in [0.25, 0.3) is 0 Å². The molecular weight excluding hydrogens is 792 g/mol. The zero-order valence-electron chi connectivity index (χ0n) is 33.3. The van der Waals surface area contributed by atoms with Gasteiger partial charge in [-0.05, 0) is 103 Å². The lowest BCUT2D eigenvalue weighted by Crippen LogP contribution is -2.58. The summed E-state index contributed by atoms with van der Waals surface area (Å²) >= 11 is 0. The Hall–Kier alpha value is -5.06. The van der Waals surface area contributed by atoms with Crippen molar-refractivity contribution in [3.05, 3.63) is 118 Å². The largest absolute Gasteiger partial charge is 0.539 e. The van der Waals surface area contributed by atoms with E-state index in [0.717, 1.165) is 4.90 Å². The maximum atomic E-state index is 14.4. The number of carbonyl (C=O) groups is 3. The van der Waals surface area contributed by atoms with Crippen molar-refractivity contribution in [2.24, 2.45) is 0 Å². The van der Waals surface area contributed by atoms with Crippen molar-refractivity contribution in [2.75, 3.05) is 13.6 Å². The van der Waals surface area contributed by atoms with Gasteiger partial charge in [0.25, 0.3) is 8.32 Å². The number of hydrogen-bond donors (Lipinski definition) is 2. The number of nitrogens with one attached hydrogen (secondary N) is 1. The van der Waals surface area contributed by atoms with Gasteiger partial charge in [-0.3, -0.25) is 0 Å². The highest BCUT2D eigenvalue weighted by Crippen LogP contribution is 2.43. The van der Waals surface area contributed by atoms with E-state index in [2.05, 4.69) is 5.32 Å². The van der Waals surface area contributed by atoms with Crippen molar-refractivity contribution in [1.29, 1.82) is 0 Å². The molecule has 0 bridgehead atoms. The van der Waals surface area contributed by atoms with Crippen molar-refractivity contribution in [2.45, 2.75) is 102 Å². The summed E-state index contributed by atoms with van der Waals surface area (Å²) in [5.74, 6) is -2.25. The number of urea groups is 1. The number of ether oxygens (including phenoxy) is 1. The molecule has 316 valence electrons. The maximum absolute atomic E-state index is 14.4. The number of carbonyl (C=O) groups excluding carboxylic acids is 2. The number of alkyl carbamates (subject to hydrolysis) is 1. The van der Waals surface area contributed by atoms with Crippen LogP contribution in [0.1, 0.15) is 79.5 Å². The number of benzene rings is 3. The minimum atomic E-state index is -5.10. The molecule has 1 fully saturated rings. The third-order valence-electron chi connectivity index (χ3n) is 10.7. The van der Waals surface area contributed by atoms with E-state index in [1.165, 1.54) is 36.2 Å². The Kier molecular flexibility index (Phi) is 13.7. The van der Waals surface area contributed by atoms with Gasteiger partial charge in [-0.15, -0.1) is 0 Å². The Morgan fingerprint density at radius 3 is 2.09 bits per heavy atom. The number of aryl methyl sites for hydroxylation is 1. The van der Waals surface area contributed by atoms with E-state index in [4.69, 9.17) is 9.16 Å². The molecule has 0 saturated carbocycles. The first-order chi connectivity index (χ1) is 26.7. The molecule has 9 nitrogen and oxygen atoms in total. The first kappa shape index (κ1) is 45.6. The normalized spacial score (nSPS) is 18.1. The van der Waals surface area contributed by atoms with Crippen LogP contribution in [-0.2, 0) is 39.5 Å². The number of likely N-dealkylation sites (tertiary alicyclic amines) is 1. The Bertz CT molecular complexity index is 1970. The van der Waals surface area contributed by atoms with Gasteiger partial charge in [-0.25, -0.2) is 18.8 Å². The number of carboxylic acids is 1. The smallest absolute Gasteiger partial charge is 0.416 e. The van der Waals surface area contributed by atoms with Crippen molar-refractivity contribution in [3.63, 3.8) is 0 Å². The fourth-order valence-corrected chi connectivity index (χ4v) is 7.50. The molecular formula is C41H48F7N3O6Si. The van der Waals surface area contributed by atoms with E-state index >= 15 is 0 Å². The van der Waals surface area contributed by atoms with Gasteiger partial charge in [0.2, 0.25) is 0 Å². The van der Waals surface area contributed by atoms with E-state index in [1.54, 1.807) is 37.3 Å². The number of alkyl halides is 6. The summed E-state index contributed by atoms with van der Waals surface area (Å²) < 4.78 is 108. The first-order valence-corrected chi connectivity index (χ1v) is 21.3. The molecule has 0 radical (unpaired) electrons. The van der Waals surface area contributed by atoms with Crippen LogP contribution in [0.3, 0.4) is 0 Å². The van der Waals surface area contributed by atoms with E-state index < -0.39 is 79.4 Å². The summed E-state index contributed by atoms with van der Waals surface area (Å²) in [6, 6.07) is 12.0. The Labute approximate surface area is 333 Å². The monoisotopic (exact) mass is 839 g/mol. The van der Waals surface area contributed by atoms with E-state index in [-0.39, 0.29) is 49.3 Å². The zero-order chi connectivity index (χ0) is 43.4. The lowest BCUT2D eigenvalue weighted by molar-refractivity contribution is -0.143. The lowest BCUT2D eigenvalue weighted by atomic mass is 9.77. The van der Waals surface area contributed by atoms with Crippen LogP contribution in [0.4, 0.5) is 40.3 Å². The highest BCUT2D eigenvalue weighted by atomic mass is 28.4. The summed E-state index contributed by atoms with van der Waals surface area (Å²) in [7, 11) is -1.45. The predicted molar refractivity (Wildman–Crippen MR) is 204 cm³/mol. The van der Waals surface area contributed by atoms with Crippen LogP contribution >= 0.6 is 0 Å². The zero-order valence-corrected chi connectivity index (χ0v) is 34.3. The fraction of sp³-hybridized carbons (Fsp3) is 0.439. The molecule has 3 aromatic rings. The molecule has 2 N–H and O–H groups in total. The Morgan fingerprint density at radius 2 is 1.55 bits per heavy atom. The second kappa shape index (κ2) is 17.4. The highest BCUT2D eigenvalue weighted by molar-refractivity contribution is 6.74. The van der Waals surface area contributed by atoms with Crippen LogP contribution in [0.5, 0.6) is 0 Å². The average Bonchev–Trinajstić information content (AvgIpc) is 3.11. The van der Waals surface area contributed by atoms with Crippen LogP contribution < -0.4 is 5.32 Å². The minimum absolute atomic E-state index is 0.00228. The second-order valence-corrected chi connectivity index (χ2v) is 20.8. The standard InChI is InChI=1S/C41H48F7N3O6Si/c1-26-19-31(42)13-14-32(26)33-23-39(49-36(54)56-25-27-11-9-8-10-12-27,16-15-34(35(52)53)57-58(6,7)38(2,3)4)17-18-51(33)37(55)50(5)24-28-20-29(40(43,44)45)22-30(21-28)41(46,47)48/h8-15,19-22,33H,16-18,23-25H2,1-7H3,(H,49,54)(H,52,53)/b34-15-/t33-,39+/m1/s1. The molecule has 3 amide bonds. The predicted octanol–water partition coefficient (Wildman–Crippen LogP) is 10.6. The number of amides is 3. The summed E-state index contributed by atoms with van der Waals surface area (Å²) in [4.78, 5) is 42.6. The van der Waals surface area contributed by atoms with Gasteiger partial charge in [0.15, 0.2) is 5.76 Å². The molecule has 17 heteroatoms. The molecule has 0 aromatic heterocycles. The SMILES string of the molecule is Cc1cc(F)ccc1[C@H]1C[C@@](C/C=C(\O[Si](C)(C)C(C)(C)C)C(=O)O)(NC(=O)OCc2ccccc2)CCN1C(=O)N(C)Cc1cc(C(F)(F)F)cc(C(F)(F)F)c1. The van der Waals surface area contributed by atoms with Crippen molar-refractivity contribution >= 4 is 26.4 Å². The van der Waals surface area contributed by atoms with E-state index in [9.17, 15) is 50.2 Å². The maximum Gasteiger partial charge on any atom is 0.416 e. The number of halogens is 7. The molecule has 58 heavy (non-hydrogen) atoms. The van der Waals surface area contributed by atoms with Gasteiger partial charge in [0, 0.05) is 20.1 Å². The van der Waals surface area contributed by atoms with Crippen LogP contribution in [0.15, 0.2) is 78.6 Å². The molecule has 1 aliphatic heterocycles. The van der Waals surface area contributed by atoms with Crippen LogP contribution in [0.2, 0.25) is 18.1 Å². The molecule has 4 rings (SSSR count). The van der Waals surface area contributed by atoms with Crippen molar-refractivity contribution in [3.8, 4) is 0 Å². The Balaban J connectivity index is 1.75. The van der Waals surface area contributed by atoms with E-state index in [0.29, 0.717) is 28.8 Å². The molecule has 0 spiro atoms. The molecule has 1 heterocycles. The van der Waals surface area contributed by atoms with Gasteiger partial charge in [0.1, 0.15) is 12.4 Å². The number of rotatable bonds is 11. The highest BCUT2D eigenvalue weighted by Gasteiger charge is 2.46. The third-order valence-corrected chi connectivity index (χ3v) is 15.0. The number of nitrogens with zero attached hydrogens (tertiary/aromatic N) is 2. The third kappa shape index (κ3) is 11.5. The number of aliphatic carboxylic acids is 1. The second-order valence-electron chi connectivity index (χ2n) is 16.1. The van der Waals surface area contributed by atoms with Crippen molar-refractivity contribution in [1.82, 2.24) is 15.1 Å². The molecule has 2 atom stereocenters. The Morgan fingerprint density at radius 1 is 0.948 bits per heavy atom. The van der Waals surface area contributed by atoms with Gasteiger partial charge >= 0.3 is 30.4 Å². The molecule has 3 aromatic carbocycles. The van der Waals surface area contributed by atoms with Crippen molar-refractivity contribution < 1.29 is 59.4 Å². The van der Waals surface area contributed by atoms with Crippen LogP contribution in [-0.4, -0.2) is 60.4 Å². The minimum Gasteiger partial charge on any atom is -0.539 e. The van der Waals surface area contributed by atoms with Gasteiger partial charge in [-0.2, -0.15) is 26.3 Å². The first-order valence-electron chi connectivity index (χ1n) is 18.4. The number of piperidine rings is 1. The van der Waals surface area contributed by atoms with Gasteiger partial charge < -0.3 is 29.4 Å². The van der Waals surface area contributed by atoms with Crippen LogP contribution in [0, 0.1) is 12.7 Å². The quantitative estimate of drug-likeness (QED) is 0.0862. The molecule has 1 aliphatic rings. The fourth-order valence-electron chi connectivity index (χ4n) is 6.48. The average molecular weight is 840 g/mol. The molecule has 0 aliphatic carbocycles. The van der Waals surface area contributed by atoms with E-state index in [1.807, 2.05) is 33.9 Å². The van der Waals surface area contributed by atoms with Gasteiger partial charge in [-0.1, -0.05) is 57.2 Å². The topological polar surface area (TPSA) is 108 Å². The summed E-state index contributed by atoms with van der Waals surface area (Å²) in [6.07, 6.45) is -9.90. The lowest BCUT2D eigenvalue weighted by Gasteiger charge is -2.48. The summed E-state index contributed by atoms with van der Waals surface area (Å²) in [6.45, 7) is 10.3.